The largest absolute Gasteiger partial charge is 1.00 e. The summed E-state index contributed by atoms with van der Waals surface area (Å²) in [6.07, 6.45) is 0. The number of aromatic amines is 1. The zero-order valence-electron chi connectivity index (χ0n) is 15.8. The van der Waals surface area contributed by atoms with Crippen molar-refractivity contribution < 1.29 is 51.3 Å². The van der Waals surface area contributed by atoms with Crippen molar-refractivity contribution in [1.29, 1.82) is 0 Å². The third-order valence-corrected chi connectivity index (χ3v) is 5.29. The number of halogens is 2. The molecule has 0 fully saturated rings. The van der Waals surface area contributed by atoms with Gasteiger partial charge in [0.05, 0.1) is 10.6 Å². The second kappa shape index (κ2) is 8.05. The second-order valence-corrected chi connectivity index (χ2v) is 7.73. The Morgan fingerprint density at radius 3 is 2.33 bits per heavy atom. The number of hydrogen-bond acceptors (Lipinski definition) is 5. The van der Waals surface area contributed by atoms with Crippen molar-refractivity contribution in [2.24, 2.45) is 0 Å². The fourth-order valence-corrected chi connectivity index (χ4v) is 3.57. The van der Waals surface area contributed by atoms with Crippen molar-refractivity contribution in [3.63, 3.8) is 0 Å². The van der Waals surface area contributed by atoms with Crippen LogP contribution in [0.15, 0.2) is 58.2 Å². The normalized spacial score (nSPS) is 11.5. The molecule has 0 spiro atoms. The van der Waals surface area contributed by atoms with Gasteiger partial charge in [0.2, 0.25) is 0 Å². The number of aryl methyl sites for hydroxylation is 1. The molecular formula is C19H12F2N3NaO4S. The molecule has 4 rings (SSSR count). The number of H-pyrrole nitrogens is 1. The molecule has 0 radical (unpaired) electrons. The summed E-state index contributed by atoms with van der Waals surface area (Å²) in [5.74, 6) is -1.54. The van der Waals surface area contributed by atoms with E-state index in [9.17, 15) is 26.5 Å². The fourth-order valence-electron chi connectivity index (χ4n) is 3.10. The summed E-state index contributed by atoms with van der Waals surface area (Å²) in [7, 11) is -4.61. The van der Waals surface area contributed by atoms with Crippen molar-refractivity contribution >= 4 is 15.8 Å². The molecule has 7 nitrogen and oxygen atoms in total. The summed E-state index contributed by atoms with van der Waals surface area (Å²) < 4.78 is 62.0. The summed E-state index contributed by atoms with van der Waals surface area (Å²) in [6.45, 7) is 1.62. The molecule has 0 bridgehead atoms. The third-order valence-electron chi connectivity index (χ3n) is 4.44. The van der Waals surface area contributed by atoms with Crippen LogP contribution in [0.2, 0.25) is 0 Å². The van der Waals surface area contributed by atoms with Gasteiger partial charge in [-0.2, -0.15) is 0 Å². The van der Waals surface area contributed by atoms with Crippen LogP contribution >= 0.6 is 0 Å². The van der Waals surface area contributed by atoms with Crippen LogP contribution in [0.4, 0.5) is 8.78 Å². The zero-order chi connectivity index (χ0) is 20.9. The van der Waals surface area contributed by atoms with Gasteiger partial charge in [-0.05, 0) is 31.2 Å². The number of rotatable bonds is 3. The van der Waals surface area contributed by atoms with Crippen LogP contribution in [0.3, 0.4) is 0 Å². The van der Waals surface area contributed by atoms with Gasteiger partial charge in [0.15, 0.2) is 5.65 Å². The molecule has 2 aromatic carbocycles. The van der Waals surface area contributed by atoms with Crippen LogP contribution in [0.5, 0.6) is 0 Å². The van der Waals surface area contributed by atoms with Gasteiger partial charge in [0.25, 0.3) is 5.56 Å². The second-order valence-electron chi connectivity index (χ2n) is 6.35. The maximum absolute atomic E-state index is 14.3. The molecule has 0 unspecified atom stereocenters. The Morgan fingerprint density at radius 2 is 1.73 bits per heavy atom. The average molecular weight is 439 g/mol. The molecular weight excluding hydrogens is 427 g/mol. The maximum atomic E-state index is 14.3. The van der Waals surface area contributed by atoms with Gasteiger partial charge in [0, 0.05) is 34.5 Å². The summed E-state index contributed by atoms with van der Waals surface area (Å²) in [5.41, 5.74) is 1.04. The third kappa shape index (κ3) is 3.96. The predicted octanol–water partition coefficient (Wildman–Crippen LogP) is -0.149. The van der Waals surface area contributed by atoms with Gasteiger partial charge in [0.1, 0.15) is 21.8 Å². The monoisotopic (exact) mass is 439 g/mol. The first-order chi connectivity index (χ1) is 13.6. The van der Waals surface area contributed by atoms with Crippen molar-refractivity contribution in [3.8, 4) is 22.4 Å². The van der Waals surface area contributed by atoms with E-state index in [1.807, 2.05) is 0 Å². The smallest absolute Gasteiger partial charge is 0.744 e. The molecule has 2 aromatic heterocycles. The van der Waals surface area contributed by atoms with Gasteiger partial charge in [-0.15, -0.1) is 0 Å². The number of nitrogens with zero attached hydrogens (tertiary/aromatic N) is 2. The van der Waals surface area contributed by atoms with Gasteiger partial charge < -0.3 is 4.55 Å². The summed E-state index contributed by atoms with van der Waals surface area (Å²) >= 11 is 0. The predicted molar refractivity (Wildman–Crippen MR) is 99.3 cm³/mol. The SMILES string of the molecule is Cc1[nH]n2c(=O)cc(-c3ccc(S(=O)(=O)[O-])cc3)nc2c1-c1ccc(F)cc1F.[Na+]. The van der Waals surface area contributed by atoms with Crippen LogP contribution in [0.25, 0.3) is 28.0 Å². The Balaban J connectivity index is 0.00000256. The van der Waals surface area contributed by atoms with Gasteiger partial charge >= 0.3 is 29.6 Å². The van der Waals surface area contributed by atoms with Gasteiger partial charge in [-0.3, -0.25) is 9.89 Å². The molecule has 0 saturated carbocycles. The Labute approximate surface area is 191 Å². The number of nitrogens with one attached hydrogen (secondary N) is 1. The number of benzene rings is 2. The minimum atomic E-state index is -4.61. The van der Waals surface area contributed by atoms with Crippen LogP contribution < -0.4 is 35.1 Å². The minimum Gasteiger partial charge on any atom is -0.744 e. The van der Waals surface area contributed by atoms with E-state index in [1.54, 1.807) is 6.92 Å². The van der Waals surface area contributed by atoms with Crippen LogP contribution in [-0.4, -0.2) is 27.6 Å². The van der Waals surface area contributed by atoms with E-state index in [1.165, 1.54) is 24.3 Å². The summed E-state index contributed by atoms with van der Waals surface area (Å²) in [6, 6.07) is 9.24. The van der Waals surface area contributed by atoms with E-state index in [-0.39, 0.29) is 46.5 Å². The maximum Gasteiger partial charge on any atom is 1.00 e. The quantitative estimate of drug-likeness (QED) is 0.353. The van der Waals surface area contributed by atoms with E-state index in [2.05, 4.69) is 10.1 Å². The topological polar surface area (TPSA) is 107 Å². The summed E-state index contributed by atoms with van der Waals surface area (Å²) in [5, 5.41) is 2.80. The molecule has 0 amide bonds. The zero-order valence-corrected chi connectivity index (χ0v) is 18.6. The van der Waals surface area contributed by atoms with E-state index in [4.69, 9.17) is 0 Å². The fraction of sp³-hybridized carbons (Fsp3) is 0.0526. The van der Waals surface area contributed by atoms with Crippen molar-refractivity contribution in [2.45, 2.75) is 11.8 Å². The molecule has 0 aliphatic rings. The molecule has 0 aliphatic carbocycles. The molecule has 0 saturated heterocycles. The van der Waals surface area contributed by atoms with E-state index < -0.39 is 32.2 Å². The standard InChI is InChI=1S/C19H13F2N3O4S.Na/c1-10-18(14-7-4-12(20)8-15(14)21)19-22-16(9-17(25)24(19)23-10)11-2-5-13(6-3-11)29(26,27)28;/h2-9,23H,1H3,(H,26,27,28);/q;+1/p-1. The van der Waals surface area contributed by atoms with Crippen molar-refractivity contribution in [1.82, 2.24) is 14.6 Å². The molecule has 0 aliphatic heterocycles. The molecule has 0 atom stereocenters. The molecule has 2 heterocycles. The minimum absolute atomic E-state index is 0. The number of aromatic nitrogens is 3. The van der Waals surface area contributed by atoms with Crippen LogP contribution in [-0.2, 0) is 10.1 Å². The van der Waals surface area contributed by atoms with E-state index in [0.717, 1.165) is 28.8 Å². The summed E-state index contributed by atoms with van der Waals surface area (Å²) in [4.78, 5) is 16.5. The van der Waals surface area contributed by atoms with Crippen molar-refractivity contribution in [3.05, 3.63) is 76.2 Å². The Hall–Kier alpha value is -2.37. The average Bonchev–Trinajstić information content (AvgIpc) is 2.98. The van der Waals surface area contributed by atoms with Gasteiger partial charge in [-0.1, -0.05) is 12.1 Å². The first-order valence-corrected chi connectivity index (χ1v) is 9.70. The first-order valence-electron chi connectivity index (χ1n) is 8.29. The molecule has 1 N–H and O–H groups in total. The van der Waals surface area contributed by atoms with Crippen LogP contribution in [0.1, 0.15) is 5.69 Å². The Bertz CT molecular complexity index is 1430. The number of fused-ring (bicyclic) bond motifs is 1. The van der Waals surface area contributed by atoms with Crippen LogP contribution in [0, 0.1) is 18.6 Å². The Morgan fingerprint density at radius 1 is 1.07 bits per heavy atom. The molecule has 4 aromatic rings. The van der Waals surface area contributed by atoms with Crippen molar-refractivity contribution in [2.75, 3.05) is 0 Å². The van der Waals surface area contributed by atoms with E-state index >= 15 is 0 Å². The van der Waals surface area contributed by atoms with Gasteiger partial charge in [-0.25, -0.2) is 26.7 Å². The van der Waals surface area contributed by atoms with E-state index in [0.29, 0.717) is 16.8 Å². The molecule has 30 heavy (non-hydrogen) atoms. The molecule has 11 heteroatoms. The molecule has 148 valence electrons. The first kappa shape index (κ1) is 22.3. The number of hydrogen-bond donors (Lipinski definition) is 1. The Kier molecular flexibility index (Phi) is 5.99.